The number of alkyl halides is 1. The Morgan fingerprint density at radius 3 is 1.91 bits per heavy atom. The SMILES string of the molecule is CCOC(=O)[C@](F)(C(=O)c1ccc(C)cc1)[C@@H](NC(=O)OC(C)(C)C)c1ccc(C)cc1. The van der Waals surface area contributed by atoms with Crippen LogP contribution in [0.2, 0.25) is 0 Å². The molecule has 0 radical (unpaired) electrons. The Bertz CT molecular complexity index is 963. The number of Topliss-reactive ketones (excluding diaryl/α,β-unsaturated/α-hetero) is 1. The van der Waals surface area contributed by atoms with E-state index in [-0.39, 0.29) is 17.7 Å². The molecule has 0 fully saturated rings. The summed E-state index contributed by atoms with van der Waals surface area (Å²) < 4.78 is 26.9. The molecule has 32 heavy (non-hydrogen) atoms. The van der Waals surface area contributed by atoms with Crippen LogP contribution in [0.5, 0.6) is 0 Å². The Morgan fingerprint density at radius 1 is 0.938 bits per heavy atom. The van der Waals surface area contributed by atoms with E-state index in [4.69, 9.17) is 9.47 Å². The lowest BCUT2D eigenvalue weighted by molar-refractivity contribution is -0.155. The molecule has 1 N–H and O–H groups in total. The van der Waals surface area contributed by atoms with Crippen LogP contribution in [0.25, 0.3) is 0 Å². The highest BCUT2D eigenvalue weighted by molar-refractivity contribution is 6.16. The Hall–Kier alpha value is -3.22. The van der Waals surface area contributed by atoms with Crippen molar-refractivity contribution >= 4 is 17.8 Å². The van der Waals surface area contributed by atoms with Gasteiger partial charge in [0.2, 0.25) is 5.78 Å². The molecule has 0 aliphatic carbocycles. The topological polar surface area (TPSA) is 81.7 Å². The maximum Gasteiger partial charge on any atom is 0.408 e. The second-order valence-corrected chi connectivity index (χ2v) is 8.62. The fourth-order valence-corrected chi connectivity index (χ4v) is 3.09. The molecular weight excluding hydrogens is 413 g/mol. The van der Waals surface area contributed by atoms with Gasteiger partial charge in [-0.1, -0.05) is 59.7 Å². The van der Waals surface area contributed by atoms with Crippen LogP contribution < -0.4 is 5.32 Å². The normalized spacial score (nSPS) is 14.1. The third kappa shape index (κ3) is 5.93. The number of halogens is 1. The zero-order valence-electron chi connectivity index (χ0n) is 19.3. The number of nitrogens with one attached hydrogen (secondary N) is 1. The number of ether oxygens (including phenoxy) is 2. The summed E-state index contributed by atoms with van der Waals surface area (Å²) >= 11 is 0. The van der Waals surface area contributed by atoms with Crippen molar-refractivity contribution in [2.75, 3.05) is 6.61 Å². The van der Waals surface area contributed by atoms with Gasteiger partial charge in [0.1, 0.15) is 11.6 Å². The van der Waals surface area contributed by atoms with Crippen LogP contribution in [0.4, 0.5) is 9.18 Å². The van der Waals surface area contributed by atoms with Crippen LogP contribution in [-0.4, -0.2) is 35.7 Å². The summed E-state index contributed by atoms with van der Waals surface area (Å²) in [6.07, 6.45) is -0.967. The summed E-state index contributed by atoms with van der Waals surface area (Å²) in [5, 5.41) is 2.39. The van der Waals surface area contributed by atoms with E-state index in [1.165, 1.54) is 19.1 Å². The van der Waals surface area contributed by atoms with Crippen LogP contribution >= 0.6 is 0 Å². The van der Waals surface area contributed by atoms with Gasteiger partial charge in [-0.05, 0) is 47.1 Å². The molecule has 0 bridgehead atoms. The van der Waals surface area contributed by atoms with Crippen LogP contribution in [0.3, 0.4) is 0 Å². The number of ketones is 1. The van der Waals surface area contributed by atoms with E-state index in [2.05, 4.69) is 5.32 Å². The lowest BCUT2D eigenvalue weighted by atomic mass is 9.83. The average Bonchev–Trinajstić information content (AvgIpc) is 2.71. The molecule has 0 spiro atoms. The highest BCUT2D eigenvalue weighted by Crippen LogP contribution is 2.35. The standard InChI is InChI=1S/C25H30FNO5/c1-7-31-22(29)25(26,21(28)19-14-10-17(3)11-15-19)20(18-12-8-16(2)9-13-18)27-23(30)32-24(4,5)6/h8-15,20H,7H2,1-6H3,(H,27,30)/t20-,25+/m0/s1. The first kappa shape index (κ1) is 25.0. The number of rotatable bonds is 7. The molecule has 2 aromatic rings. The van der Waals surface area contributed by atoms with Crippen molar-refractivity contribution in [2.24, 2.45) is 0 Å². The molecule has 0 unspecified atom stereocenters. The quantitative estimate of drug-likeness (QED) is 0.369. The Labute approximate surface area is 188 Å². The number of carbonyl (C=O) groups excluding carboxylic acids is 3. The average molecular weight is 444 g/mol. The van der Waals surface area contributed by atoms with E-state index in [0.717, 1.165) is 11.1 Å². The van der Waals surface area contributed by atoms with Gasteiger partial charge in [0.15, 0.2) is 0 Å². The predicted octanol–water partition coefficient (Wildman–Crippen LogP) is 5.02. The van der Waals surface area contributed by atoms with E-state index >= 15 is 4.39 Å². The molecule has 0 saturated heterocycles. The molecule has 172 valence electrons. The second kappa shape index (κ2) is 9.94. The number of benzene rings is 2. The first-order valence-corrected chi connectivity index (χ1v) is 10.4. The highest BCUT2D eigenvalue weighted by Gasteiger charge is 2.56. The van der Waals surface area contributed by atoms with E-state index in [1.807, 2.05) is 13.8 Å². The summed E-state index contributed by atoms with van der Waals surface area (Å²) in [5.41, 5.74) is -2.14. The van der Waals surface area contributed by atoms with Crippen molar-refractivity contribution in [1.82, 2.24) is 5.32 Å². The smallest absolute Gasteiger partial charge is 0.408 e. The molecule has 7 heteroatoms. The molecule has 0 saturated carbocycles. The molecule has 0 heterocycles. The Kier molecular flexibility index (Phi) is 7.78. The maximum atomic E-state index is 16.7. The number of aryl methyl sites for hydroxylation is 2. The van der Waals surface area contributed by atoms with Crippen LogP contribution in [0.15, 0.2) is 48.5 Å². The predicted molar refractivity (Wildman–Crippen MR) is 119 cm³/mol. The van der Waals surface area contributed by atoms with Gasteiger partial charge in [0.05, 0.1) is 6.61 Å². The van der Waals surface area contributed by atoms with Gasteiger partial charge in [-0.3, -0.25) is 4.79 Å². The number of alkyl carbamates (subject to hydrolysis) is 1. The van der Waals surface area contributed by atoms with Crippen molar-refractivity contribution in [3.63, 3.8) is 0 Å². The summed E-state index contributed by atoms with van der Waals surface area (Å²) in [5.74, 6) is -2.50. The molecular formula is C25H30FNO5. The minimum atomic E-state index is -3.22. The fraction of sp³-hybridized carbons (Fsp3) is 0.400. The van der Waals surface area contributed by atoms with E-state index in [9.17, 15) is 14.4 Å². The van der Waals surface area contributed by atoms with Gasteiger partial charge in [0, 0.05) is 5.56 Å². The number of esters is 1. The van der Waals surface area contributed by atoms with Crippen molar-refractivity contribution in [2.45, 2.75) is 58.9 Å². The number of hydrogen-bond acceptors (Lipinski definition) is 5. The lowest BCUT2D eigenvalue weighted by Gasteiger charge is -2.32. The molecule has 2 rings (SSSR count). The van der Waals surface area contributed by atoms with Crippen LogP contribution in [0.1, 0.15) is 60.8 Å². The highest BCUT2D eigenvalue weighted by atomic mass is 19.1. The maximum absolute atomic E-state index is 16.7. The monoisotopic (exact) mass is 443 g/mol. The number of hydrogen-bond donors (Lipinski definition) is 1. The minimum Gasteiger partial charge on any atom is -0.463 e. The molecule has 2 atom stereocenters. The first-order valence-electron chi connectivity index (χ1n) is 10.4. The van der Waals surface area contributed by atoms with Crippen LogP contribution in [-0.2, 0) is 14.3 Å². The van der Waals surface area contributed by atoms with E-state index < -0.39 is 35.2 Å². The molecule has 2 aromatic carbocycles. The van der Waals surface area contributed by atoms with Gasteiger partial charge < -0.3 is 14.8 Å². The lowest BCUT2D eigenvalue weighted by Crippen LogP contribution is -2.55. The summed E-state index contributed by atoms with van der Waals surface area (Å²) in [4.78, 5) is 38.8. The van der Waals surface area contributed by atoms with Gasteiger partial charge in [-0.25, -0.2) is 14.0 Å². The second-order valence-electron chi connectivity index (χ2n) is 8.62. The first-order chi connectivity index (χ1) is 14.9. The molecule has 0 aliphatic rings. The Morgan fingerprint density at radius 2 is 1.44 bits per heavy atom. The van der Waals surface area contributed by atoms with Crippen molar-refractivity contribution in [3.8, 4) is 0 Å². The van der Waals surface area contributed by atoms with Crippen molar-refractivity contribution in [1.29, 1.82) is 0 Å². The fourth-order valence-electron chi connectivity index (χ4n) is 3.09. The third-order valence-corrected chi connectivity index (χ3v) is 4.69. The Balaban J connectivity index is 2.63. The minimum absolute atomic E-state index is 0.0192. The molecule has 6 nitrogen and oxygen atoms in total. The van der Waals surface area contributed by atoms with Gasteiger partial charge in [-0.2, -0.15) is 0 Å². The number of amides is 1. The van der Waals surface area contributed by atoms with Crippen LogP contribution in [0, 0.1) is 13.8 Å². The molecule has 0 aliphatic heterocycles. The summed E-state index contributed by atoms with van der Waals surface area (Å²) in [6.45, 7) is 9.99. The molecule has 0 aromatic heterocycles. The van der Waals surface area contributed by atoms with Gasteiger partial charge >= 0.3 is 12.1 Å². The molecule has 1 amide bonds. The summed E-state index contributed by atoms with van der Waals surface area (Å²) in [7, 11) is 0. The number of carbonyl (C=O) groups is 3. The van der Waals surface area contributed by atoms with E-state index in [0.29, 0.717) is 0 Å². The van der Waals surface area contributed by atoms with Gasteiger partial charge in [-0.15, -0.1) is 0 Å². The zero-order chi connectivity index (χ0) is 24.1. The van der Waals surface area contributed by atoms with E-state index in [1.54, 1.807) is 57.2 Å². The van der Waals surface area contributed by atoms with Gasteiger partial charge in [0.25, 0.3) is 5.67 Å². The third-order valence-electron chi connectivity index (χ3n) is 4.69. The zero-order valence-corrected chi connectivity index (χ0v) is 19.3. The van der Waals surface area contributed by atoms with Crippen molar-refractivity contribution < 1.29 is 28.2 Å². The summed E-state index contributed by atoms with van der Waals surface area (Å²) in [6, 6.07) is 11.0. The van der Waals surface area contributed by atoms with Crippen molar-refractivity contribution in [3.05, 3.63) is 70.8 Å². The largest absolute Gasteiger partial charge is 0.463 e.